The molecule has 6 heteroatoms. The summed E-state index contributed by atoms with van der Waals surface area (Å²) >= 11 is 0. The highest BCUT2D eigenvalue weighted by Crippen LogP contribution is 1.94. The van der Waals surface area contributed by atoms with Crippen LogP contribution in [0.1, 0.15) is 26.7 Å². The van der Waals surface area contributed by atoms with Gasteiger partial charge in [0.05, 0.1) is 26.1 Å². The summed E-state index contributed by atoms with van der Waals surface area (Å²) in [5.41, 5.74) is 5.51. The maximum Gasteiger partial charge on any atom is 0.307 e. The van der Waals surface area contributed by atoms with Crippen molar-refractivity contribution in [3.05, 3.63) is 0 Å². The normalized spacial score (nSPS) is 11.9. The van der Waals surface area contributed by atoms with Crippen molar-refractivity contribution < 1.29 is 19.1 Å². The van der Waals surface area contributed by atoms with Crippen LogP contribution in [0.25, 0.3) is 0 Å². The number of carbonyl (C=O) groups excluding carboxylic acids is 2. The molecule has 1 atom stereocenters. The van der Waals surface area contributed by atoms with Crippen molar-refractivity contribution in [3.8, 4) is 0 Å². The van der Waals surface area contributed by atoms with Gasteiger partial charge in [-0.15, -0.1) is 0 Å². The summed E-state index contributed by atoms with van der Waals surface area (Å²) < 4.78 is 9.59. The molecule has 0 bridgehead atoms. The van der Waals surface area contributed by atoms with E-state index in [0.29, 0.717) is 26.3 Å². The summed E-state index contributed by atoms with van der Waals surface area (Å²) in [4.78, 5) is 22.3. The Morgan fingerprint density at radius 2 is 1.76 bits per heavy atom. The van der Waals surface area contributed by atoms with Crippen molar-refractivity contribution in [2.45, 2.75) is 32.7 Å². The van der Waals surface area contributed by atoms with Gasteiger partial charge in [0.15, 0.2) is 0 Å². The highest BCUT2D eigenvalue weighted by Gasteiger charge is 2.13. The maximum atomic E-state index is 11.2. The van der Waals surface area contributed by atoms with Gasteiger partial charge in [0.25, 0.3) is 0 Å². The third-order valence-electron chi connectivity index (χ3n) is 2.07. The van der Waals surface area contributed by atoms with E-state index < -0.39 is 0 Å². The minimum atomic E-state index is -0.286. The first kappa shape index (κ1) is 15.9. The van der Waals surface area contributed by atoms with Gasteiger partial charge in [-0.05, 0) is 13.8 Å². The molecule has 0 amide bonds. The molecule has 17 heavy (non-hydrogen) atoms. The summed E-state index contributed by atoms with van der Waals surface area (Å²) in [6.07, 6.45) is 0.486. The SMILES string of the molecule is CCOC(=O)CCNC(CN)CC(=O)OCC. The van der Waals surface area contributed by atoms with Crippen LogP contribution in [-0.2, 0) is 19.1 Å². The lowest BCUT2D eigenvalue weighted by atomic mass is 10.2. The van der Waals surface area contributed by atoms with Crippen molar-refractivity contribution in [2.75, 3.05) is 26.3 Å². The minimum Gasteiger partial charge on any atom is -0.466 e. The van der Waals surface area contributed by atoms with E-state index in [0.717, 1.165) is 0 Å². The lowest BCUT2D eigenvalue weighted by Crippen LogP contribution is -2.39. The molecule has 0 aliphatic heterocycles. The van der Waals surface area contributed by atoms with Crippen LogP contribution in [0.4, 0.5) is 0 Å². The molecule has 0 spiro atoms. The van der Waals surface area contributed by atoms with Gasteiger partial charge in [-0.2, -0.15) is 0 Å². The van der Waals surface area contributed by atoms with Gasteiger partial charge in [-0.1, -0.05) is 0 Å². The third-order valence-corrected chi connectivity index (χ3v) is 2.07. The number of hydrogen-bond donors (Lipinski definition) is 2. The number of hydrogen-bond acceptors (Lipinski definition) is 6. The molecule has 0 aromatic carbocycles. The van der Waals surface area contributed by atoms with E-state index in [1.807, 2.05) is 0 Å². The fourth-order valence-electron chi connectivity index (χ4n) is 1.27. The number of rotatable bonds is 9. The van der Waals surface area contributed by atoms with Gasteiger partial charge in [0.2, 0.25) is 0 Å². The first-order valence-corrected chi connectivity index (χ1v) is 5.88. The molecule has 0 aromatic heterocycles. The molecule has 0 aliphatic carbocycles. The first-order valence-electron chi connectivity index (χ1n) is 5.88. The van der Waals surface area contributed by atoms with Crippen LogP contribution in [0.3, 0.4) is 0 Å². The standard InChI is InChI=1S/C11H22N2O4/c1-3-16-10(14)5-6-13-9(8-12)7-11(15)17-4-2/h9,13H,3-8,12H2,1-2H3. The molecule has 0 aromatic rings. The molecule has 0 radical (unpaired) electrons. The molecular formula is C11H22N2O4. The summed E-state index contributed by atoms with van der Waals surface area (Å²) in [5.74, 6) is -0.543. The summed E-state index contributed by atoms with van der Waals surface area (Å²) in [5, 5.41) is 3.02. The Bertz CT molecular complexity index is 234. The predicted octanol–water partition coefficient (Wildman–Crippen LogP) is -0.190. The summed E-state index contributed by atoms with van der Waals surface area (Å²) in [7, 11) is 0. The fourth-order valence-corrected chi connectivity index (χ4v) is 1.27. The summed E-state index contributed by atoms with van der Waals surface area (Å²) in [6, 6.07) is -0.163. The third kappa shape index (κ3) is 8.65. The molecule has 100 valence electrons. The molecule has 0 aliphatic rings. The zero-order valence-corrected chi connectivity index (χ0v) is 10.5. The Hall–Kier alpha value is -1.14. The van der Waals surface area contributed by atoms with Crippen LogP contribution in [0, 0.1) is 0 Å². The number of carbonyl (C=O) groups is 2. The largest absolute Gasteiger partial charge is 0.466 e. The Balaban J connectivity index is 3.74. The fraction of sp³-hybridized carbons (Fsp3) is 0.818. The molecule has 0 saturated carbocycles. The van der Waals surface area contributed by atoms with Crippen molar-refractivity contribution in [3.63, 3.8) is 0 Å². The van der Waals surface area contributed by atoms with E-state index in [-0.39, 0.29) is 30.8 Å². The van der Waals surface area contributed by atoms with E-state index in [4.69, 9.17) is 15.2 Å². The number of esters is 2. The maximum absolute atomic E-state index is 11.2. The van der Waals surface area contributed by atoms with Gasteiger partial charge in [0, 0.05) is 19.1 Å². The van der Waals surface area contributed by atoms with Gasteiger partial charge < -0.3 is 20.5 Å². The zero-order chi connectivity index (χ0) is 13.1. The predicted molar refractivity (Wildman–Crippen MR) is 63.3 cm³/mol. The molecule has 0 saturated heterocycles. The zero-order valence-electron chi connectivity index (χ0n) is 10.5. The second-order valence-electron chi connectivity index (χ2n) is 3.45. The van der Waals surface area contributed by atoms with Crippen molar-refractivity contribution in [2.24, 2.45) is 5.73 Å². The number of nitrogens with two attached hydrogens (primary N) is 1. The number of nitrogens with one attached hydrogen (secondary N) is 1. The van der Waals surface area contributed by atoms with Crippen molar-refractivity contribution in [1.29, 1.82) is 0 Å². The van der Waals surface area contributed by atoms with Crippen LogP contribution >= 0.6 is 0 Å². The molecule has 0 heterocycles. The molecule has 3 N–H and O–H groups in total. The lowest BCUT2D eigenvalue weighted by Gasteiger charge is -2.15. The summed E-state index contributed by atoms with van der Waals surface area (Å²) in [6.45, 7) is 5.01. The molecule has 0 rings (SSSR count). The van der Waals surface area contributed by atoms with Crippen molar-refractivity contribution in [1.82, 2.24) is 5.32 Å². The van der Waals surface area contributed by atoms with Crippen LogP contribution in [0.5, 0.6) is 0 Å². The second kappa shape index (κ2) is 10.0. The van der Waals surface area contributed by atoms with E-state index in [1.165, 1.54) is 0 Å². The lowest BCUT2D eigenvalue weighted by molar-refractivity contribution is -0.143. The Kier molecular flexibility index (Phi) is 9.37. The highest BCUT2D eigenvalue weighted by molar-refractivity contribution is 5.70. The van der Waals surface area contributed by atoms with Crippen molar-refractivity contribution >= 4 is 11.9 Å². The van der Waals surface area contributed by atoms with Crippen LogP contribution < -0.4 is 11.1 Å². The van der Waals surface area contributed by atoms with Gasteiger partial charge in [-0.25, -0.2) is 0 Å². The van der Waals surface area contributed by atoms with E-state index in [9.17, 15) is 9.59 Å². The smallest absolute Gasteiger partial charge is 0.307 e. The first-order chi connectivity index (χ1) is 8.13. The highest BCUT2D eigenvalue weighted by atomic mass is 16.5. The molecule has 0 fully saturated rings. The van der Waals surface area contributed by atoms with Crippen LogP contribution in [-0.4, -0.2) is 44.3 Å². The van der Waals surface area contributed by atoms with Gasteiger partial charge in [0.1, 0.15) is 0 Å². The van der Waals surface area contributed by atoms with E-state index in [1.54, 1.807) is 13.8 Å². The monoisotopic (exact) mass is 246 g/mol. The Morgan fingerprint density at radius 1 is 1.18 bits per heavy atom. The van der Waals surface area contributed by atoms with E-state index in [2.05, 4.69) is 5.32 Å². The quantitative estimate of drug-likeness (QED) is 0.548. The van der Waals surface area contributed by atoms with Gasteiger partial charge in [-0.3, -0.25) is 9.59 Å². The Morgan fingerprint density at radius 3 is 2.29 bits per heavy atom. The number of ether oxygens (including phenoxy) is 2. The molecular weight excluding hydrogens is 224 g/mol. The average molecular weight is 246 g/mol. The minimum absolute atomic E-state index is 0.163. The molecule has 6 nitrogen and oxygen atoms in total. The van der Waals surface area contributed by atoms with E-state index >= 15 is 0 Å². The van der Waals surface area contributed by atoms with Gasteiger partial charge >= 0.3 is 11.9 Å². The molecule has 1 unspecified atom stereocenters. The van der Waals surface area contributed by atoms with Crippen LogP contribution in [0.15, 0.2) is 0 Å². The second-order valence-corrected chi connectivity index (χ2v) is 3.45. The topological polar surface area (TPSA) is 90.6 Å². The van der Waals surface area contributed by atoms with Crippen LogP contribution in [0.2, 0.25) is 0 Å². The Labute approximate surface area is 102 Å². The average Bonchev–Trinajstić information content (AvgIpc) is 2.28.